The second-order valence-electron chi connectivity index (χ2n) is 4.25. The molecular weight excluding hydrogens is 234 g/mol. The Hall–Kier alpha value is -2.08. The van der Waals surface area contributed by atoms with E-state index in [0.29, 0.717) is 18.4 Å². The number of hydrogen-bond donors (Lipinski definition) is 2. The summed E-state index contributed by atoms with van der Waals surface area (Å²) in [6.45, 7) is 2.35. The van der Waals surface area contributed by atoms with Crippen LogP contribution in [0.3, 0.4) is 0 Å². The van der Waals surface area contributed by atoms with Crippen LogP contribution in [0.5, 0.6) is 5.75 Å². The normalized spacial score (nSPS) is 11.1. The van der Waals surface area contributed by atoms with Crippen molar-refractivity contribution < 1.29 is 10.0 Å². The molecule has 0 aliphatic carbocycles. The topological polar surface area (TPSA) is 94.3 Å². The van der Waals surface area contributed by atoms with Crippen LogP contribution in [-0.2, 0) is 13.5 Å². The lowest BCUT2D eigenvalue weighted by molar-refractivity contribution is -0.385. The van der Waals surface area contributed by atoms with Crippen LogP contribution < -0.4 is 5.73 Å². The zero-order chi connectivity index (χ0) is 13.4. The molecule has 2 rings (SSSR count). The number of fused-ring (bicyclic) bond motifs is 1. The molecule has 2 aromatic rings. The number of rotatable bonds is 3. The first-order valence-electron chi connectivity index (χ1n) is 5.63. The van der Waals surface area contributed by atoms with Gasteiger partial charge in [-0.15, -0.1) is 0 Å². The minimum absolute atomic E-state index is 0.272. The highest BCUT2D eigenvalue weighted by Gasteiger charge is 2.22. The Bertz CT molecular complexity index is 631. The van der Waals surface area contributed by atoms with Crippen molar-refractivity contribution in [3.05, 3.63) is 33.5 Å². The highest BCUT2D eigenvalue weighted by molar-refractivity contribution is 5.94. The Labute approximate surface area is 104 Å². The van der Waals surface area contributed by atoms with E-state index in [1.807, 2.05) is 18.5 Å². The summed E-state index contributed by atoms with van der Waals surface area (Å²) in [6, 6.07) is 2.98. The third-order valence-corrected chi connectivity index (χ3v) is 3.33. The molecule has 1 heterocycles. The Morgan fingerprint density at radius 2 is 2.17 bits per heavy atom. The molecule has 0 aliphatic rings. The third kappa shape index (κ3) is 1.62. The van der Waals surface area contributed by atoms with Gasteiger partial charge in [0.2, 0.25) is 5.75 Å². The number of phenols is 1. The summed E-state index contributed by atoms with van der Waals surface area (Å²) in [5.41, 5.74) is 7.89. The van der Waals surface area contributed by atoms with E-state index in [2.05, 4.69) is 0 Å². The van der Waals surface area contributed by atoms with Gasteiger partial charge in [0.05, 0.1) is 15.8 Å². The second-order valence-corrected chi connectivity index (χ2v) is 4.25. The fourth-order valence-corrected chi connectivity index (χ4v) is 2.31. The molecule has 0 aliphatic heterocycles. The van der Waals surface area contributed by atoms with Crippen molar-refractivity contribution in [1.29, 1.82) is 0 Å². The molecule has 0 atom stereocenters. The van der Waals surface area contributed by atoms with Gasteiger partial charge in [-0.3, -0.25) is 10.1 Å². The first-order chi connectivity index (χ1) is 8.49. The molecule has 1 aromatic carbocycles. The maximum atomic E-state index is 10.8. The molecule has 6 nitrogen and oxygen atoms in total. The number of nitrogens with zero attached hydrogens (tertiary/aromatic N) is 2. The number of benzene rings is 1. The molecule has 0 amide bonds. The van der Waals surface area contributed by atoms with E-state index < -0.39 is 4.92 Å². The Morgan fingerprint density at radius 3 is 2.72 bits per heavy atom. The number of aromatic hydroxyl groups is 1. The van der Waals surface area contributed by atoms with Crippen LogP contribution >= 0.6 is 0 Å². The third-order valence-electron chi connectivity index (χ3n) is 3.33. The van der Waals surface area contributed by atoms with Crippen LogP contribution in [0.2, 0.25) is 0 Å². The monoisotopic (exact) mass is 249 g/mol. The SMILES string of the molecule is Cc1c(CCN)c2c(O)c([N+](=O)[O-])ccc2n1C. The summed E-state index contributed by atoms with van der Waals surface area (Å²) >= 11 is 0. The fourth-order valence-electron chi connectivity index (χ4n) is 2.31. The summed E-state index contributed by atoms with van der Waals surface area (Å²) in [5.74, 6) is -0.273. The van der Waals surface area contributed by atoms with Gasteiger partial charge in [-0.2, -0.15) is 0 Å². The molecule has 0 bridgehead atoms. The molecule has 96 valence electrons. The van der Waals surface area contributed by atoms with Crippen LogP contribution in [0.25, 0.3) is 10.9 Å². The maximum absolute atomic E-state index is 10.8. The van der Waals surface area contributed by atoms with E-state index in [1.54, 1.807) is 6.07 Å². The fraction of sp³-hybridized carbons (Fsp3) is 0.333. The lowest BCUT2D eigenvalue weighted by Crippen LogP contribution is -2.04. The van der Waals surface area contributed by atoms with E-state index in [4.69, 9.17) is 5.73 Å². The van der Waals surface area contributed by atoms with Gasteiger partial charge in [0.25, 0.3) is 0 Å². The van der Waals surface area contributed by atoms with Gasteiger partial charge in [0.1, 0.15) is 0 Å². The van der Waals surface area contributed by atoms with Crippen LogP contribution in [0.4, 0.5) is 5.69 Å². The average Bonchev–Trinajstić information content (AvgIpc) is 2.56. The van der Waals surface area contributed by atoms with Crippen molar-refractivity contribution in [2.24, 2.45) is 12.8 Å². The zero-order valence-electron chi connectivity index (χ0n) is 10.3. The first kappa shape index (κ1) is 12.4. The lowest BCUT2D eigenvalue weighted by Gasteiger charge is -2.01. The van der Waals surface area contributed by atoms with E-state index in [-0.39, 0.29) is 11.4 Å². The maximum Gasteiger partial charge on any atom is 0.311 e. The molecule has 0 saturated heterocycles. The number of nitro groups is 1. The second kappa shape index (κ2) is 4.30. The number of aryl methyl sites for hydroxylation is 1. The van der Waals surface area contributed by atoms with E-state index >= 15 is 0 Å². The van der Waals surface area contributed by atoms with Crippen molar-refractivity contribution in [3.63, 3.8) is 0 Å². The zero-order valence-corrected chi connectivity index (χ0v) is 10.3. The van der Waals surface area contributed by atoms with Crippen LogP contribution in [0.15, 0.2) is 12.1 Å². The Kier molecular flexibility index (Phi) is 2.96. The highest BCUT2D eigenvalue weighted by atomic mass is 16.6. The molecule has 0 radical (unpaired) electrons. The van der Waals surface area contributed by atoms with E-state index in [9.17, 15) is 15.2 Å². The first-order valence-corrected chi connectivity index (χ1v) is 5.63. The number of nitrogens with two attached hydrogens (primary N) is 1. The van der Waals surface area contributed by atoms with Gasteiger partial charge in [-0.25, -0.2) is 0 Å². The van der Waals surface area contributed by atoms with Gasteiger partial charge >= 0.3 is 5.69 Å². The summed E-state index contributed by atoms with van der Waals surface area (Å²) in [5, 5.41) is 21.4. The quantitative estimate of drug-likeness (QED) is 0.638. The minimum Gasteiger partial charge on any atom is -0.502 e. The molecule has 6 heteroatoms. The van der Waals surface area contributed by atoms with Gasteiger partial charge in [0, 0.05) is 18.8 Å². The van der Waals surface area contributed by atoms with Crippen LogP contribution in [0.1, 0.15) is 11.3 Å². The standard InChI is InChI=1S/C12H15N3O3/c1-7-8(5-6-13)11-9(14(7)2)3-4-10(12(11)16)15(17)18/h3-4,16H,5-6,13H2,1-2H3. The minimum atomic E-state index is -0.580. The predicted molar refractivity (Wildman–Crippen MR) is 68.7 cm³/mol. The van der Waals surface area contributed by atoms with Gasteiger partial charge in [-0.05, 0) is 31.5 Å². The van der Waals surface area contributed by atoms with Crippen LogP contribution in [-0.4, -0.2) is 21.1 Å². The lowest BCUT2D eigenvalue weighted by atomic mass is 10.1. The van der Waals surface area contributed by atoms with Crippen LogP contribution in [0, 0.1) is 17.0 Å². The molecular formula is C12H15N3O3. The van der Waals surface area contributed by atoms with Crippen molar-refractivity contribution in [3.8, 4) is 5.75 Å². The number of phenolic OH excluding ortho intramolecular Hbond substituents is 1. The van der Waals surface area contributed by atoms with E-state index in [0.717, 1.165) is 16.8 Å². The molecule has 0 fully saturated rings. The van der Waals surface area contributed by atoms with Gasteiger partial charge < -0.3 is 15.4 Å². The number of nitro benzene ring substituents is 1. The molecule has 1 aromatic heterocycles. The summed E-state index contributed by atoms with van der Waals surface area (Å²) in [6.07, 6.45) is 0.581. The predicted octanol–water partition coefficient (Wildman–Crippen LogP) is 1.60. The molecule has 0 unspecified atom stereocenters. The van der Waals surface area contributed by atoms with Gasteiger partial charge in [0.15, 0.2) is 0 Å². The number of aromatic nitrogens is 1. The van der Waals surface area contributed by atoms with E-state index in [1.165, 1.54) is 6.07 Å². The Balaban J connectivity index is 2.86. The highest BCUT2D eigenvalue weighted by Crippen LogP contribution is 2.38. The largest absolute Gasteiger partial charge is 0.502 e. The van der Waals surface area contributed by atoms with Crippen molar-refractivity contribution in [2.45, 2.75) is 13.3 Å². The molecule has 18 heavy (non-hydrogen) atoms. The van der Waals surface area contributed by atoms with Crippen molar-refractivity contribution >= 4 is 16.6 Å². The Morgan fingerprint density at radius 1 is 1.50 bits per heavy atom. The summed E-state index contributed by atoms with van der Waals surface area (Å²) in [4.78, 5) is 10.3. The van der Waals surface area contributed by atoms with Crippen molar-refractivity contribution in [1.82, 2.24) is 4.57 Å². The summed E-state index contributed by atoms with van der Waals surface area (Å²) in [7, 11) is 1.86. The average molecular weight is 249 g/mol. The smallest absolute Gasteiger partial charge is 0.311 e. The van der Waals surface area contributed by atoms with Gasteiger partial charge in [-0.1, -0.05) is 0 Å². The molecule has 0 spiro atoms. The number of hydrogen-bond acceptors (Lipinski definition) is 4. The van der Waals surface area contributed by atoms with Crippen molar-refractivity contribution in [2.75, 3.05) is 6.54 Å². The molecule has 3 N–H and O–H groups in total. The molecule has 0 saturated carbocycles. The summed E-state index contributed by atoms with van der Waals surface area (Å²) < 4.78 is 1.91.